The summed E-state index contributed by atoms with van der Waals surface area (Å²) in [7, 11) is 0. The van der Waals surface area contributed by atoms with E-state index in [2.05, 4.69) is 16.0 Å². The Labute approximate surface area is 122 Å². The summed E-state index contributed by atoms with van der Waals surface area (Å²) >= 11 is 0. The molecule has 0 spiro atoms. The van der Waals surface area contributed by atoms with Crippen molar-refractivity contribution in [3.8, 4) is 0 Å². The van der Waals surface area contributed by atoms with Gasteiger partial charge in [0.05, 0.1) is 5.54 Å². The number of hydrogen-bond donors (Lipinski definition) is 3. The molecule has 2 aliphatic rings. The Morgan fingerprint density at radius 1 is 1.35 bits per heavy atom. The van der Waals surface area contributed by atoms with Gasteiger partial charge in [0.2, 0.25) is 0 Å². The average Bonchev–Trinajstić information content (AvgIpc) is 2.31. The number of hydrogen-bond acceptors (Lipinski definition) is 4. The van der Waals surface area contributed by atoms with Crippen molar-refractivity contribution in [1.82, 2.24) is 16.0 Å². The molecule has 116 valence electrons. The van der Waals surface area contributed by atoms with Crippen molar-refractivity contribution < 1.29 is 9.53 Å². The third kappa shape index (κ3) is 4.63. The van der Waals surface area contributed by atoms with Crippen molar-refractivity contribution >= 4 is 6.09 Å². The van der Waals surface area contributed by atoms with Crippen molar-refractivity contribution in [3.05, 3.63) is 0 Å². The topological polar surface area (TPSA) is 62.4 Å². The van der Waals surface area contributed by atoms with E-state index in [4.69, 9.17) is 4.74 Å². The maximum Gasteiger partial charge on any atom is 0.408 e. The molecule has 0 aromatic carbocycles. The van der Waals surface area contributed by atoms with Crippen molar-refractivity contribution in [2.24, 2.45) is 0 Å². The first-order valence-electron chi connectivity index (χ1n) is 7.84. The number of carbonyl (C=O) groups excluding carboxylic acids is 1. The lowest BCUT2D eigenvalue weighted by atomic mass is 9.76. The minimum atomic E-state index is -0.435. The van der Waals surface area contributed by atoms with Crippen LogP contribution < -0.4 is 16.0 Å². The van der Waals surface area contributed by atoms with Crippen LogP contribution in [0.3, 0.4) is 0 Å². The fourth-order valence-electron chi connectivity index (χ4n) is 2.84. The molecule has 0 bridgehead atoms. The zero-order chi connectivity index (χ0) is 14.6. The highest BCUT2D eigenvalue weighted by Gasteiger charge is 2.39. The van der Waals surface area contributed by atoms with Gasteiger partial charge in [-0.05, 0) is 59.4 Å². The summed E-state index contributed by atoms with van der Waals surface area (Å²) in [5, 5.41) is 10.1. The molecule has 1 aliphatic heterocycles. The van der Waals surface area contributed by atoms with Gasteiger partial charge in [-0.15, -0.1) is 0 Å². The Hall–Kier alpha value is -0.810. The Kier molecular flexibility index (Phi) is 4.91. The van der Waals surface area contributed by atoms with Crippen molar-refractivity contribution in [2.75, 3.05) is 19.6 Å². The van der Waals surface area contributed by atoms with Crippen molar-refractivity contribution in [1.29, 1.82) is 0 Å². The standard InChI is InChI=1S/C15H29N3O2/c1-14(2,3)20-13(19)18-15(7-5-8-15)11-17-12-6-4-9-16-10-12/h12,16-17H,4-11H2,1-3H3,(H,18,19). The van der Waals surface area contributed by atoms with E-state index in [9.17, 15) is 4.79 Å². The number of alkyl carbamates (subject to hydrolysis) is 1. The van der Waals surface area contributed by atoms with Crippen LogP contribution in [0.2, 0.25) is 0 Å². The molecule has 1 atom stereocenters. The number of piperidine rings is 1. The Morgan fingerprint density at radius 2 is 2.10 bits per heavy atom. The molecule has 5 heteroatoms. The lowest BCUT2D eigenvalue weighted by Gasteiger charge is -2.44. The normalized spacial score (nSPS) is 25.6. The maximum atomic E-state index is 11.9. The molecule has 3 N–H and O–H groups in total. The zero-order valence-electron chi connectivity index (χ0n) is 13.1. The van der Waals surface area contributed by atoms with Crippen LogP contribution in [-0.4, -0.2) is 42.9 Å². The lowest BCUT2D eigenvalue weighted by Crippen LogP contribution is -2.61. The number of rotatable bonds is 4. The number of nitrogens with one attached hydrogen (secondary N) is 3. The summed E-state index contributed by atoms with van der Waals surface area (Å²) in [6, 6.07) is 0.529. The molecule has 0 aromatic heterocycles. The molecule has 1 saturated carbocycles. The Bertz CT molecular complexity index is 329. The van der Waals surface area contributed by atoms with Gasteiger partial charge in [0, 0.05) is 19.1 Å². The van der Waals surface area contributed by atoms with Crippen molar-refractivity contribution in [2.45, 2.75) is 70.1 Å². The minimum Gasteiger partial charge on any atom is -0.444 e. The van der Waals surface area contributed by atoms with Gasteiger partial charge < -0.3 is 20.7 Å². The van der Waals surface area contributed by atoms with Gasteiger partial charge in [0.15, 0.2) is 0 Å². The van der Waals surface area contributed by atoms with Gasteiger partial charge in [-0.2, -0.15) is 0 Å². The van der Waals surface area contributed by atoms with Crippen LogP contribution in [-0.2, 0) is 4.74 Å². The highest BCUT2D eigenvalue weighted by Crippen LogP contribution is 2.31. The van der Waals surface area contributed by atoms with Gasteiger partial charge >= 0.3 is 6.09 Å². The molecule has 2 rings (SSSR count). The van der Waals surface area contributed by atoms with E-state index in [0.29, 0.717) is 6.04 Å². The Balaban J connectivity index is 1.78. The molecule has 2 fully saturated rings. The minimum absolute atomic E-state index is 0.0974. The lowest BCUT2D eigenvalue weighted by molar-refractivity contribution is 0.0377. The maximum absolute atomic E-state index is 11.9. The monoisotopic (exact) mass is 283 g/mol. The molecule has 1 heterocycles. The van der Waals surface area contributed by atoms with Gasteiger partial charge in [0.25, 0.3) is 0 Å². The number of carbonyl (C=O) groups is 1. The number of ether oxygens (including phenoxy) is 1. The van der Waals surface area contributed by atoms with Crippen LogP contribution in [0.5, 0.6) is 0 Å². The predicted octanol–water partition coefficient (Wildman–Crippen LogP) is 1.78. The fourth-order valence-corrected chi connectivity index (χ4v) is 2.84. The zero-order valence-corrected chi connectivity index (χ0v) is 13.1. The summed E-state index contributed by atoms with van der Waals surface area (Å²) in [6.07, 6.45) is 5.42. The Morgan fingerprint density at radius 3 is 2.60 bits per heavy atom. The quantitative estimate of drug-likeness (QED) is 0.736. The van der Waals surface area contributed by atoms with Crippen LogP contribution in [0.4, 0.5) is 4.79 Å². The van der Waals surface area contributed by atoms with Gasteiger partial charge in [0.1, 0.15) is 5.60 Å². The first-order valence-corrected chi connectivity index (χ1v) is 7.84. The first kappa shape index (κ1) is 15.6. The van der Waals surface area contributed by atoms with E-state index in [0.717, 1.165) is 32.5 Å². The third-order valence-corrected chi connectivity index (χ3v) is 4.10. The second-order valence-electron chi connectivity index (χ2n) is 7.18. The molecular weight excluding hydrogens is 254 g/mol. The summed E-state index contributed by atoms with van der Waals surface area (Å²) in [4.78, 5) is 11.9. The summed E-state index contributed by atoms with van der Waals surface area (Å²) in [5.74, 6) is 0. The van der Waals surface area contributed by atoms with Crippen LogP contribution in [0, 0.1) is 0 Å². The van der Waals surface area contributed by atoms with Crippen LogP contribution >= 0.6 is 0 Å². The van der Waals surface area contributed by atoms with E-state index in [1.54, 1.807) is 0 Å². The highest BCUT2D eigenvalue weighted by molar-refractivity contribution is 5.69. The summed E-state index contributed by atoms with van der Waals surface area (Å²) in [6.45, 7) is 8.69. The van der Waals surface area contributed by atoms with Crippen LogP contribution in [0.25, 0.3) is 0 Å². The molecule has 20 heavy (non-hydrogen) atoms. The molecule has 0 aromatic rings. The van der Waals surface area contributed by atoms with Gasteiger partial charge in [-0.1, -0.05) is 0 Å². The smallest absolute Gasteiger partial charge is 0.408 e. The van der Waals surface area contributed by atoms with Crippen LogP contribution in [0.1, 0.15) is 52.9 Å². The van der Waals surface area contributed by atoms with E-state index in [-0.39, 0.29) is 11.6 Å². The van der Waals surface area contributed by atoms with Gasteiger partial charge in [-0.3, -0.25) is 0 Å². The summed E-state index contributed by atoms with van der Waals surface area (Å²) in [5.41, 5.74) is -0.532. The fraction of sp³-hybridized carbons (Fsp3) is 0.933. The molecule has 1 saturated heterocycles. The van der Waals surface area contributed by atoms with E-state index in [1.165, 1.54) is 19.3 Å². The SMILES string of the molecule is CC(C)(C)OC(=O)NC1(CNC2CCCNC2)CCC1. The molecule has 0 radical (unpaired) electrons. The van der Waals surface area contributed by atoms with Gasteiger partial charge in [-0.25, -0.2) is 4.79 Å². The largest absolute Gasteiger partial charge is 0.444 e. The molecule has 1 aliphatic carbocycles. The highest BCUT2D eigenvalue weighted by atomic mass is 16.6. The van der Waals surface area contributed by atoms with E-state index < -0.39 is 5.60 Å². The third-order valence-electron chi connectivity index (χ3n) is 4.10. The van der Waals surface area contributed by atoms with Crippen LogP contribution in [0.15, 0.2) is 0 Å². The average molecular weight is 283 g/mol. The molecule has 1 amide bonds. The second kappa shape index (κ2) is 6.31. The number of amides is 1. The second-order valence-corrected chi connectivity index (χ2v) is 7.18. The van der Waals surface area contributed by atoms with E-state index >= 15 is 0 Å². The molecular formula is C15H29N3O2. The van der Waals surface area contributed by atoms with E-state index in [1.807, 2.05) is 20.8 Å². The van der Waals surface area contributed by atoms with Crippen molar-refractivity contribution in [3.63, 3.8) is 0 Å². The molecule has 1 unspecified atom stereocenters. The molecule has 5 nitrogen and oxygen atoms in total. The summed E-state index contributed by atoms with van der Waals surface area (Å²) < 4.78 is 5.37. The predicted molar refractivity (Wildman–Crippen MR) is 79.8 cm³/mol. The first-order chi connectivity index (χ1) is 9.39.